The summed E-state index contributed by atoms with van der Waals surface area (Å²) in [5.41, 5.74) is 0.931. The molecule has 1 saturated carbocycles. The Morgan fingerprint density at radius 1 is 1.41 bits per heavy atom. The van der Waals surface area contributed by atoms with Gasteiger partial charge in [-0.05, 0) is 56.4 Å². The highest BCUT2D eigenvalue weighted by atomic mass is 35.5. The molecule has 0 spiro atoms. The molecule has 158 valence electrons. The van der Waals surface area contributed by atoms with Crippen molar-refractivity contribution in [1.29, 1.82) is 0 Å². The smallest absolute Gasteiger partial charge is 0.260 e. The van der Waals surface area contributed by atoms with E-state index in [1.54, 1.807) is 11.8 Å². The van der Waals surface area contributed by atoms with Gasteiger partial charge in [-0.1, -0.05) is 23.7 Å². The molecular weight excluding hydrogens is 408 g/mol. The van der Waals surface area contributed by atoms with E-state index >= 15 is 0 Å². The van der Waals surface area contributed by atoms with E-state index < -0.39 is 0 Å². The summed E-state index contributed by atoms with van der Waals surface area (Å²) in [5, 5.41) is 4.01. The summed E-state index contributed by atoms with van der Waals surface area (Å²) >= 11 is 7.72. The first-order chi connectivity index (χ1) is 14.0. The van der Waals surface area contributed by atoms with Crippen LogP contribution in [0.5, 0.6) is 0 Å². The van der Waals surface area contributed by atoms with Gasteiger partial charge in [0.05, 0.1) is 4.91 Å². The predicted octanol–water partition coefficient (Wildman–Crippen LogP) is 3.97. The molecule has 0 bridgehead atoms. The van der Waals surface area contributed by atoms with Crippen LogP contribution in [0.4, 0.5) is 0 Å². The van der Waals surface area contributed by atoms with Crippen LogP contribution in [0, 0.1) is 5.92 Å². The zero-order valence-corrected chi connectivity index (χ0v) is 18.6. The van der Waals surface area contributed by atoms with Crippen molar-refractivity contribution in [3.63, 3.8) is 0 Å². The molecule has 2 fully saturated rings. The maximum absolute atomic E-state index is 12.9. The first-order valence-electron chi connectivity index (χ1n) is 10.3. The number of fused-ring (bicyclic) bond motifs is 1. The molecule has 3 atom stereocenters. The van der Waals surface area contributed by atoms with E-state index in [0.29, 0.717) is 30.0 Å². The van der Waals surface area contributed by atoms with Crippen molar-refractivity contribution in [1.82, 2.24) is 10.2 Å². The normalized spacial score (nSPS) is 25.8. The Bertz CT molecular complexity index is 770. The third-order valence-electron chi connectivity index (χ3n) is 5.55. The Morgan fingerprint density at radius 3 is 3.00 bits per heavy atom. The van der Waals surface area contributed by atoms with Gasteiger partial charge < -0.3 is 15.0 Å². The molecule has 1 saturated heterocycles. The van der Waals surface area contributed by atoms with Crippen molar-refractivity contribution in [2.45, 2.75) is 43.9 Å². The van der Waals surface area contributed by atoms with Crippen LogP contribution in [-0.4, -0.2) is 54.8 Å². The predicted molar refractivity (Wildman–Crippen MR) is 119 cm³/mol. The molecule has 3 rings (SSSR count). The minimum Gasteiger partial charge on any atom is -0.382 e. The van der Waals surface area contributed by atoms with Crippen LogP contribution in [0.25, 0.3) is 6.08 Å². The van der Waals surface area contributed by atoms with Gasteiger partial charge >= 0.3 is 0 Å². The molecule has 2 amide bonds. The van der Waals surface area contributed by atoms with Gasteiger partial charge in [-0.3, -0.25) is 9.59 Å². The standard InChI is InChI=1S/C22H29ClN2O3S/c1-3-28-11-5-10-24-21(26)16-8-9-19-18(14-16)25(2)22(27)20(29-19)13-15-6-4-7-17(23)12-15/h4,6-7,12-13,16,18-19H,3,5,8-11,14H2,1-2H3,(H,24,26)/b20-13-. The van der Waals surface area contributed by atoms with Crippen molar-refractivity contribution >= 4 is 41.3 Å². The first kappa shape index (κ1) is 22.2. The topological polar surface area (TPSA) is 58.6 Å². The van der Waals surface area contributed by atoms with Gasteiger partial charge in [-0.2, -0.15) is 0 Å². The first-order valence-corrected chi connectivity index (χ1v) is 11.5. The highest BCUT2D eigenvalue weighted by molar-refractivity contribution is 8.04. The van der Waals surface area contributed by atoms with Crippen molar-refractivity contribution in [3.8, 4) is 0 Å². The zero-order chi connectivity index (χ0) is 20.8. The van der Waals surface area contributed by atoms with Crippen LogP contribution in [0.1, 0.15) is 38.2 Å². The second-order valence-corrected chi connectivity index (χ2v) is 9.27. The summed E-state index contributed by atoms with van der Waals surface area (Å²) in [7, 11) is 1.86. The number of carbonyl (C=O) groups excluding carboxylic acids is 2. The van der Waals surface area contributed by atoms with Crippen molar-refractivity contribution in [2.75, 3.05) is 26.8 Å². The number of hydrogen-bond acceptors (Lipinski definition) is 4. The lowest BCUT2D eigenvalue weighted by molar-refractivity contribution is -0.131. The molecule has 1 aliphatic carbocycles. The van der Waals surface area contributed by atoms with E-state index in [9.17, 15) is 9.59 Å². The molecule has 1 aromatic rings. The third-order valence-corrected chi connectivity index (χ3v) is 7.18. The lowest BCUT2D eigenvalue weighted by Gasteiger charge is -2.44. The monoisotopic (exact) mass is 436 g/mol. The van der Waals surface area contributed by atoms with Crippen molar-refractivity contribution < 1.29 is 14.3 Å². The number of nitrogens with one attached hydrogen (secondary N) is 1. The summed E-state index contributed by atoms with van der Waals surface area (Å²) in [4.78, 5) is 28.0. The SMILES string of the molecule is CCOCCCNC(=O)C1CCC2S/C(=C\c3cccc(Cl)c3)C(=O)N(C)C2C1. The second-order valence-electron chi connectivity index (χ2n) is 7.55. The lowest BCUT2D eigenvalue weighted by atomic mass is 9.83. The number of halogens is 1. The molecular formula is C22H29ClN2O3S. The molecule has 0 aromatic heterocycles. The highest BCUT2D eigenvalue weighted by Gasteiger charge is 2.42. The number of amides is 2. The molecule has 2 aliphatic rings. The van der Waals surface area contributed by atoms with Crippen LogP contribution in [0.3, 0.4) is 0 Å². The van der Waals surface area contributed by atoms with Crippen LogP contribution in [-0.2, 0) is 14.3 Å². The number of hydrogen-bond donors (Lipinski definition) is 1. The number of thioether (sulfide) groups is 1. The minimum absolute atomic E-state index is 0.0222. The Balaban J connectivity index is 1.59. The van der Waals surface area contributed by atoms with Gasteiger partial charge in [0.25, 0.3) is 5.91 Å². The molecule has 0 radical (unpaired) electrons. The van der Waals surface area contributed by atoms with Crippen molar-refractivity contribution in [2.24, 2.45) is 5.92 Å². The fraction of sp³-hybridized carbons (Fsp3) is 0.545. The average molecular weight is 437 g/mol. The minimum atomic E-state index is -0.0300. The van der Waals surface area contributed by atoms with E-state index in [2.05, 4.69) is 5.32 Å². The Kier molecular flexibility index (Phi) is 8.04. The Labute approximate surface area is 182 Å². The molecule has 1 heterocycles. The van der Waals surface area contributed by atoms with E-state index in [0.717, 1.165) is 36.2 Å². The van der Waals surface area contributed by atoms with E-state index in [1.165, 1.54) is 0 Å². The van der Waals surface area contributed by atoms with Gasteiger partial charge in [0, 0.05) is 49.0 Å². The van der Waals surface area contributed by atoms with Gasteiger partial charge in [-0.15, -0.1) is 11.8 Å². The number of carbonyl (C=O) groups is 2. The fourth-order valence-corrected chi connectivity index (χ4v) is 5.64. The largest absolute Gasteiger partial charge is 0.382 e. The summed E-state index contributed by atoms with van der Waals surface area (Å²) in [5.74, 6) is 0.0951. The van der Waals surface area contributed by atoms with Gasteiger partial charge in [0.1, 0.15) is 0 Å². The Hall–Kier alpha value is -1.50. The lowest BCUT2D eigenvalue weighted by Crippen LogP contribution is -2.52. The molecule has 5 nitrogen and oxygen atoms in total. The highest BCUT2D eigenvalue weighted by Crippen LogP contribution is 2.43. The second kappa shape index (κ2) is 10.5. The number of likely N-dealkylation sites (N-methyl/N-ethyl adjacent to an activating group) is 1. The zero-order valence-electron chi connectivity index (χ0n) is 17.0. The van der Waals surface area contributed by atoms with Crippen LogP contribution in [0.2, 0.25) is 5.02 Å². The van der Waals surface area contributed by atoms with Crippen LogP contribution in [0.15, 0.2) is 29.2 Å². The van der Waals surface area contributed by atoms with Crippen LogP contribution >= 0.6 is 23.4 Å². The number of nitrogens with zero attached hydrogens (tertiary/aromatic N) is 1. The molecule has 29 heavy (non-hydrogen) atoms. The summed E-state index contributed by atoms with van der Waals surface area (Å²) in [6, 6.07) is 7.62. The molecule has 1 aliphatic heterocycles. The quantitative estimate of drug-likeness (QED) is 0.519. The fourth-order valence-electron chi connectivity index (χ4n) is 3.96. The maximum atomic E-state index is 12.9. The molecule has 1 aromatic carbocycles. The number of benzene rings is 1. The van der Waals surface area contributed by atoms with Gasteiger partial charge in [-0.25, -0.2) is 0 Å². The van der Waals surface area contributed by atoms with Crippen molar-refractivity contribution in [3.05, 3.63) is 39.8 Å². The number of rotatable bonds is 7. The molecule has 7 heteroatoms. The summed E-state index contributed by atoms with van der Waals surface area (Å²) < 4.78 is 5.31. The van der Waals surface area contributed by atoms with E-state index in [4.69, 9.17) is 16.3 Å². The van der Waals surface area contributed by atoms with E-state index in [-0.39, 0.29) is 23.8 Å². The molecule has 3 unspecified atom stereocenters. The summed E-state index contributed by atoms with van der Waals surface area (Å²) in [6.45, 7) is 3.97. The molecule has 1 N–H and O–H groups in total. The number of ether oxygens (including phenoxy) is 1. The Morgan fingerprint density at radius 2 is 2.24 bits per heavy atom. The third kappa shape index (κ3) is 5.77. The average Bonchev–Trinajstić information content (AvgIpc) is 2.71. The van der Waals surface area contributed by atoms with Crippen LogP contribution < -0.4 is 5.32 Å². The summed E-state index contributed by atoms with van der Waals surface area (Å²) in [6.07, 6.45) is 5.25. The van der Waals surface area contributed by atoms with Gasteiger partial charge in [0.2, 0.25) is 5.91 Å². The van der Waals surface area contributed by atoms with Gasteiger partial charge in [0.15, 0.2) is 0 Å². The maximum Gasteiger partial charge on any atom is 0.260 e. The van der Waals surface area contributed by atoms with E-state index in [1.807, 2.05) is 49.2 Å².